The molecule has 1 saturated heterocycles. The molecule has 0 unspecified atom stereocenters. The Balaban J connectivity index is 2.65. The van der Waals surface area contributed by atoms with Crippen LogP contribution < -0.4 is 11.1 Å². The highest BCUT2D eigenvalue weighted by molar-refractivity contribution is 5.97. The summed E-state index contributed by atoms with van der Waals surface area (Å²) in [7, 11) is 0. The number of piperidine rings is 1. The minimum Gasteiger partial charge on any atom is -0.376 e. The van der Waals surface area contributed by atoms with Crippen LogP contribution in [0.25, 0.3) is 0 Å². The molecule has 0 aromatic heterocycles. The number of hydrogen-bond donors (Lipinski definition) is 2. The normalized spacial score (nSPS) is 17.5. The highest BCUT2D eigenvalue weighted by atomic mass is 16.2. The van der Waals surface area contributed by atoms with Gasteiger partial charge < -0.3 is 16.0 Å². The van der Waals surface area contributed by atoms with E-state index in [0.717, 1.165) is 0 Å². The van der Waals surface area contributed by atoms with Gasteiger partial charge in [-0.1, -0.05) is 0 Å². The minimum absolute atomic E-state index is 0.0810. The molecule has 1 aliphatic heterocycles. The van der Waals surface area contributed by atoms with Crippen LogP contribution in [0.5, 0.6) is 0 Å². The highest BCUT2D eigenvalue weighted by Crippen LogP contribution is 2.17. The lowest BCUT2D eigenvalue weighted by atomic mass is 9.96. The summed E-state index contributed by atoms with van der Waals surface area (Å²) in [5.41, 5.74) is 4.97. The van der Waals surface area contributed by atoms with Gasteiger partial charge in [0, 0.05) is 30.7 Å². The van der Waals surface area contributed by atoms with E-state index in [1.165, 1.54) is 0 Å². The van der Waals surface area contributed by atoms with Gasteiger partial charge in [-0.2, -0.15) is 5.26 Å². The number of nitriles is 1. The summed E-state index contributed by atoms with van der Waals surface area (Å²) in [4.78, 5) is 24.9. The van der Waals surface area contributed by atoms with Crippen molar-refractivity contribution in [3.63, 3.8) is 0 Å². The Kier molecular flexibility index (Phi) is 5.14. The lowest BCUT2D eigenvalue weighted by molar-refractivity contribution is -0.123. The van der Waals surface area contributed by atoms with Gasteiger partial charge in [0.2, 0.25) is 5.91 Å². The number of carbonyl (C=O) groups excluding carboxylic acids is 2. The first kappa shape index (κ1) is 16.0. The van der Waals surface area contributed by atoms with Crippen molar-refractivity contribution in [3.05, 3.63) is 11.8 Å². The number of nitrogens with zero attached hydrogens (tertiary/aromatic N) is 2. The van der Waals surface area contributed by atoms with Crippen molar-refractivity contribution >= 4 is 11.8 Å². The molecule has 1 heterocycles. The molecule has 6 nitrogen and oxygen atoms in total. The third kappa shape index (κ3) is 4.92. The maximum atomic E-state index is 11.9. The predicted molar refractivity (Wildman–Crippen MR) is 75.1 cm³/mol. The zero-order chi connectivity index (χ0) is 15.3. The average molecular weight is 278 g/mol. The molecular weight excluding hydrogens is 256 g/mol. The molecule has 20 heavy (non-hydrogen) atoms. The molecule has 0 saturated carbocycles. The van der Waals surface area contributed by atoms with Gasteiger partial charge in [-0.3, -0.25) is 9.59 Å². The van der Waals surface area contributed by atoms with Gasteiger partial charge in [-0.25, -0.2) is 0 Å². The van der Waals surface area contributed by atoms with E-state index < -0.39 is 0 Å². The Morgan fingerprint density at radius 1 is 1.35 bits per heavy atom. The van der Waals surface area contributed by atoms with Crippen LogP contribution in [0.1, 0.15) is 33.6 Å². The van der Waals surface area contributed by atoms with Gasteiger partial charge in [-0.05, 0) is 33.6 Å². The van der Waals surface area contributed by atoms with E-state index in [4.69, 9.17) is 11.0 Å². The number of rotatable bonds is 3. The summed E-state index contributed by atoms with van der Waals surface area (Å²) in [5.74, 6) is -0.759. The predicted octanol–water partition coefficient (Wildman–Crippen LogP) is 0.506. The number of nitrogens with two attached hydrogens (primary N) is 1. The molecule has 0 aliphatic carbocycles. The van der Waals surface area contributed by atoms with Crippen LogP contribution in [-0.2, 0) is 9.59 Å². The van der Waals surface area contributed by atoms with Crippen LogP contribution >= 0.6 is 0 Å². The van der Waals surface area contributed by atoms with Crippen molar-refractivity contribution in [1.29, 1.82) is 5.26 Å². The second-order valence-corrected chi connectivity index (χ2v) is 6.07. The first-order chi connectivity index (χ1) is 9.23. The van der Waals surface area contributed by atoms with Crippen molar-refractivity contribution < 1.29 is 9.59 Å². The van der Waals surface area contributed by atoms with Gasteiger partial charge >= 0.3 is 0 Å². The van der Waals surface area contributed by atoms with Gasteiger partial charge in [0.25, 0.3) is 5.91 Å². The molecule has 0 radical (unpaired) electrons. The fourth-order valence-electron chi connectivity index (χ4n) is 2.04. The summed E-state index contributed by atoms with van der Waals surface area (Å²) in [6.07, 6.45) is 2.88. The Morgan fingerprint density at radius 3 is 2.30 bits per heavy atom. The van der Waals surface area contributed by atoms with E-state index in [9.17, 15) is 9.59 Å². The molecule has 1 aliphatic rings. The number of likely N-dealkylation sites (tertiary alicyclic amines) is 1. The monoisotopic (exact) mass is 278 g/mol. The molecule has 1 fully saturated rings. The van der Waals surface area contributed by atoms with Crippen molar-refractivity contribution in [2.24, 2.45) is 11.7 Å². The quantitative estimate of drug-likeness (QED) is 0.580. The zero-order valence-electron chi connectivity index (χ0n) is 12.3. The van der Waals surface area contributed by atoms with E-state index >= 15 is 0 Å². The van der Waals surface area contributed by atoms with Crippen LogP contribution in [0.15, 0.2) is 11.8 Å². The van der Waals surface area contributed by atoms with Crippen molar-refractivity contribution in [2.45, 2.75) is 39.2 Å². The summed E-state index contributed by atoms with van der Waals surface area (Å²) >= 11 is 0. The Morgan fingerprint density at radius 2 is 1.90 bits per heavy atom. The second kappa shape index (κ2) is 6.42. The standard InChI is InChI=1S/C14H22N4O2/c1-14(2,3)17-13(20)11(8-15)9-18-6-4-10(5-7-18)12(16)19/h9-10H,4-7H2,1-3H3,(H2,16,19)(H,17,20)/b11-9-. The minimum atomic E-state index is -0.383. The topological polar surface area (TPSA) is 99.2 Å². The van der Waals surface area contributed by atoms with Crippen molar-refractivity contribution in [2.75, 3.05) is 13.1 Å². The number of nitrogens with one attached hydrogen (secondary N) is 1. The zero-order valence-corrected chi connectivity index (χ0v) is 12.3. The maximum absolute atomic E-state index is 11.9. The molecule has 0 aromatic rings. The van der Waals surface area contributed by atoms with Crippen LogP contribution in [0.3, 0.4) is 0 Å². The smallest absolute Gasteiger partial charge is 0.263 e. The molecule has 110 valence electrons. The molecule has 1 rings (SSSR count). The number of amides is 2. The van der Waals surface area contributed by atoms with E-state index in [-0.39, 0.29) is 28.8 Å². The van der Waals surface area contributed by atoms with Gasteiger partial charge in [0.05, 0.1) is 0 Å². The van der Waals surface area contributed by atoms with Crippen LogP contribution in [0.2, 0.25) is 0 Å². The molecule has 0 atom stereocenters. The Hall–Kier alpha value is -2.03. The van der Waals surface area contributed by atoms with Crippen LogP contribution in [-0.4, -0.2) is 35.3 Å². The number of hydrogen-bond acceptors (Lipinski definition) is 4. The first-order valence-electron chi connectivity index (χ1n) is 6.71. The lowest BCUT2D eigenvalue weighted by Gasteiger charge is -2.29. The maximum Gasteiger partial charge on any atom is 0.263 e. The Bertz CT molecular complexity index is 449. The summed E-state index contributed by atoms with van der Waals surface area (Å²) in [6.45, 7) is 6.83. The first-order valence-corrected chi connectivity index (χ1v) is 6.71. The molecule has 2 amide bonds. The molecule has 0 aromatic carbocycles. The average Bonchev–Trinajstić information content (AvgIpc) is 2.34. The molecule has 0 spiro atoms. The van der Waals surface area contributed by atoms with Gasteiger partial charge in [0.15, 0.2) is 0 Å². The van der Waals surface area contributed by atoms with E-state index in [1.54, 1.807) is 6.20 Å². The summed E-state index contributed by atoms with van der Waals surface area (Å²) in [5, 5.41) is 11.8. The van der Waals surface area contributed by atoms with Gasteiger partial charge in [0.1, 0.15) is 11.6 Å². The van der Waals surface area contributed by atoms with Gasteiger partial charge in [-0.15, -0.1) is 0 Å². The molecular formula is C14H22N4O2. The Labute approximate surface area is 119 Å². The second-order valence-electron chi connectivity index (χ2n) is 6.07. The molecule has 3 N–H and O–H groups in total. The van der Waals surface area contributed by atoms with E-state index in [0.29, 0.717) is 25.9 Å². The van der Waals surface area contributed by atoms with E-state index in [2.05, 4.69) is 5.32 Å². The van der Waals surface area contributed by atoms with Crippen LogP contribution in [0.4, 0.5) is 0 Å². The highest BCUT2D eigenvalue weighted by Gasteiger charge is 2.23. The van der Waals surface area contributed by atoms with E-state index in [1.807, 2.05) is 31.7 Å². The number of primary amides is 1. The number of carbonyl (C=O) groups is 2. The molecule has 0 bridgehead atoms. The summed E-state index contributed by atoms with van der Waals surface area (Å²) < 4.78 is 0. The fraction of sp³-hybridized carbons (Fsp3) is 0.643. The van der Waals surface area contributed by atoms with Crippen molar-refractivity contribution in [1.82, 2.24) is 10.2 Å². The SMILES string of the molecule is CC(C)(C)NC(=O)/C(C#N)=C\N1CCC(C(N)=O)CC1. The third-order valence-corrected chi connectivity index (χ3v) is 3.10. The largest absolute Gasteiger partial charge is 0.376 e. The third-order valence-electron chi connectivity index (χ3n) is 3.10. The fourth-order valence-corrected chi connectivity index (χ4v) is 2.04. The molecule has 6 heteroatoms. The lowest BCUT2D eigenvalue weighted by Crippen LogP contribution is -2.42. The summed E-state index contributed by atoms with van der Waals surface area (Å²) in [6, 6.07) is 1.92. The van der Waals surface area contributed by atoms with Crippen molar-refractivity contribution in [3.8, 4) is 6.07 Å². The van der Waals surface area contributed by atoms with Crippen LogP contribution in [0, 0.1) is 17.2 Å².